The number of hydrogen-bond acceptors (Lipinski definition) is 6. The van der Waals surface area contributed by atoms with E-state index in [1.54, 1.807) is 25.4 Å². The summed E-state index contributed by atoms with van der Waals surface area (Å²) in [6.07, 6.45) is 3.42. The van der Waals surface area contributed by atoms with Gasteiger partial charge in [-0.1, -0.05) is 59.3 Å². The van der Waals surface area contributed by atoms with Crippen molar-refractivity contribution in [1.29, 1.82) is 0 Å². The topological polar surface area (TPSA) is 85.1 Å². The SMILES string of the molecule is CC(=NNC(=O)CSc1nnc(-c2ccncc2)n1-c1ccc(C)cc1)c1ccccc1Cl. The fraction of sp³-hybridized carbons (Fsp3) is 0.125. The van der Waals surface area contributed by atoms with Crippen LogP contribution in [0.4, 0.5) is 0 Å². The van der Waals surface area contributed by atoms with E-state index in [4.69, 9.17) is 11.6 Å². The number of rotatable bonds is 7. The molecule has 0 atom stereocenters. The van der Waals surface area contributed by atoms with Crippen LogP contribution in [0.3, 0.4) is 0 Å². The minimum absolute atomic E-state index is 0.125. The average Bonchev–Trinajstić information content (AvgIpc) is 3.26. The molecule has 2 aromatic carbocycles. The molecule has 2 aromatic heterocycles. The molecule has 33 heavy (non-hydrogen) atoms. The van der Waals surface area contributed by atoms with Gasteiger partial charge in [-0.25, -0.2) is 5.43 Å². The predicted octanol–water partition coefficient (Wildman–Crippen LogP) is 4.92. The number of aromatic nitrogens is 4. The number of amides is 1. The summed E-state index contributed by atoms with van der Waals surface area (Å²) < 4.78 is 1.94. The molecule has 0 saturated carbocycles. The number of pyridine rings is 1. The van der Waals surface area contributed by atoms with Crippen molar-refractivity contribution in [2.24, 2.45) is 5.10 Å². The van der Waals surface area contributed by atoms with Gasteiger partial charge in [-0.2, -0.15) is 5.10 Å². The molecule has 166 valence electrons. The van der Waals surface area contributed by atoms with Crippen molar-refractivity contribution in [1.82, 2.24) is 25.2 Å². The Labute approximate surface area is 200 Å². The summed E-state index contributed by atoms with van der Waals surface area (Å²) in [6.45, 7) is 3.83. The number of hydrazone groups is 1. The van der Waals surface area contributed by atoms with Gasteiger partial charge in [0.2, 0.25) is 0 Å². The molecule has 7 nitrogen and oxygen atoms in total. The van der Waals surface area contributed by atoms with E-state index < -0.39 is 0 Å². The van der Waals surface area contributed by atoms with Crippen LogP contribution >= 0.6 is 23.4 Å². The van der Waals surface area contributed by atoms with Crippen molar-refractivity contribution in [3.05, 3.63) is 89.2 Å². The third-order valence-electron chi connectivity index (χ3n) is 4.81. The van der Waals surface area contributed by atoms with Gasteiger partial charge in [0, 0.05) is 34.2 Å². The summed E-state index contributed by atoms with van der Waals surface area (Å²) >= 11 is 7.48. The van der Waals surface area contributed by atoms with Gasteiger partial charge >= 0.3 is 0 Å². The molecule has 4 aromatic rings. The predicted molar refractivity (Wildman–Crippen MR) is 132 cm³/mol. The second-order valence-electron chi connectivity index (χ2n) is 7.21. The quantitative estimate of drug-likeness (QED) is 0.232. The lowest BCUT2D eigenvalue weighted by atomic mass is 10.1. The van der Waals surface area contributed by atoms with Crippen molar-refractivity contribution >= 4 is 35.0 Å². The zero-order valence-electron chi connectivity index (χ0n) is 18.1. The van der Waals surface area contributed by atoms with Crippen LogP contribution in [-0.4, -0.2) is 37.1 Å². The second-order valence-corrected chi connectivity index (χ2v) is 8.56. The highest BCUT2D eigenvalue weighted by atomic mass is 35.5. The first kappa shape index (κ1) is 22.7. The number of aryl methyl sites for hydroxylation is 1. The highest BCUT2D eigenvalue weighted by Crippen LogP contribution is 2.27. The van der Waals surface area contributed by atoms with Gasteiger partial charge in [0.25, 0.3) is 5.91 Å². The highest BCUT2D eigenvalue weighted by Gasteiger charge is 2.17. The Kier molecular flexibility index (Phi) is 7.16. The van der Waals surface area contributed by atoms with Gasteiger partial charge < -0.3 is 0 Å². The lowest BCUT2D eigenvalue weighted by molar-refractivity contribution is -0.118. The van der Waals surface area contributed by atoms with Crippen molar-refractivity contribution < 1.29 is 4.79 Å². The van der Waals surface area contributed by atoms with Crippen molar-refractivity contribution in [3.63, 3.8) is 0 Å². The van der Waals surface area contributed by atoms with Crippen LogP contribution in [0.2, 0.25) is 5.02 Å². The summed E-state index contributed by atoms with van der Waals surface area (Å²) in [5.41, 5.74) is 6.93. The maximum absolute atomic E-state index is 12.5. The number of nitrogens with one attached hydrogen (secondary N) is 1. The van der Waals surface area contributed by atoms with Crippen molar-refractivity contribution in [3.8, 4) is 17.1 Å². The Morgan fingerprint density at radius 1 is 1.06 bits per heavy atom. The first-order chi connectivity index (χ1) is 16.0. The average molecular weight is 477 g/mol. The zero-order valence-corrected chi connectivity index (χ0v) is 19.6. The molecular formula is C24H21ClN6OS. The highest BCUT2D eigenvalue weighted by molar-refractivity contribution is 7.99. The first-order valence-electron chi connectivity index (χ1n) is 10.2. The second kappa shape index (κ2) is 10.4. The number of carbonyl (C=O) groups is 1. The minimum atomic E-state index is -0.254. The van der Waals surface area contributed by atoms with Crippen LogP contribution < -0.4 is 5.43 Å². The van der Waals surface area contributed by atoms with Gasteiger partial charge in [-0.05, 0) is 44.2 Å². The molecule has 0 saturated heterocycles. The molecular weight excluding hydrogens is 456 g/mol. The Morgan fingerprint density at radius 2 is 1.79 bits per heavy atom. The van der Waals surface area contributed by atoms with Crippen LogP contribution in [-0.2, 0) is 4.79 Å². The lowest BCUT2D eigenvalue weighted by Gasteiger charge is -2.10. The number of benzene rings is 2. The van der Waals surface area contributed by atoms with Gasteiger partial charge in [-0.3, -0.25) is 14.3 Å². The summed E-state index contributed by atoms with van der Waals surface area (Å²) in [6, 6.07) is 19.2. The molecule has 0 fully saturated rings. The monoisotopic (exact) mass is 476 g/mol. The fourth-order valence-corrected chi connectivity index (χ4v) is 4.12. The van der Waals surface area contributed by atoms with Gasteiger partial charge in [0.15, 0.2) is 11.0 Å². The maximum atomic E-state index is 12.5. The van der Waals surface area contributed by atoms with Crippen LogP contribution in [0.15, 0.2) is 83.3 Å². The van der Waals surface area contributed by atoms with E-state index in [9.17, 15) is 4.79 Å². The van der Waals surface area contributed by atoms with E-state index in [0.29, 0.717) is 21.7 Å². The number of nitrogens with zero attached hydrogens (tertiary/aromatic N) is 5. The lowest BCUT2D eigenvalue weighted by Crippen LogP contribution is -2.21. The standard InChI is InChI=1S/C24H21ClN6OS/c1-16-7-9-19(10-8-16)31-23(18-11-13-26-14-12-18)29-30-24(31)33-15-22(32)28-27-17(2)20-5-3-4-6-21(20)25/h3-14H,15H2,1-2H3,(H,28,32). The van der Waals surface area contributed by atoms with Crippen LogP contribution in [0.1, 0.15) is 18.1 Å². The molecule has 0 bridgehead atoms. The summed E-state index contributed by atoms with van der Waals surface area (Å²) in [5, 5.41) is 14.1. The number of halogens is 1. The minimum Gasteiger partial charge on any atom is -0.272 e. The molecule has 0 aliphatic heterocycles. The third kappa shape index (κ3) is 5.47. The van der Waals surface area contributed by atoms with Crippen molar-refractivity contribution in [2.45, 2.75) is 19.0 Å². The molecule has 0 spiro atoms. The smallest absolute Gasteiger partial charge is 0.250 e. The number of carbonyl (C=O) groups excluding carboxylic acids is 1. The van der Waals surface area contributed by atoms with Crippen LogP contribution in [0.25, 0.3) is 17.1 Å². The molecule has 0 aliphatic rings. The molecule has 0 radical (unpaired) electrons. The Morgan fingerprint density at radius 3 is 2.52 bits per heavy atom. The summed E-state index contributed by atoms with van der Waals surface area (Å²) in [5.74, 6) is 0.548. The van der Waals surface area contributed by atoms with Gasteiger partial charge in [0.1, 0.15) is 0 Å². The first-order valence-corrected chi connectivity index (χ1v) is 11.5. The molecule has 4 rings (SSSR count). The fourth-order valence-electron chi connectivity index (χ4n) is 3.10. The van der Waals surface area contributed by atoms with Crippen LogP contribution in [0, 0.1) is 6.92 Å². The Hall–Kier alpha value is -3.49. The van der Waals surface area contributed by atoms with E-state index in [2.05, 4.69) is 25.7 Å². The Bertz CT molecular complexity index is 1290. The number of hydrogen-bond donors (Lipinski definition) is 1. The van der Waals surface area contributed by atoms with Crippen molar-refractivity contribution in [2.75, 3.05) is 5.75 Å². The van der Waals surface area contributed by atoms with E-state index in [1.165, 1.54) is 11.8 Å². The molecule has 0 unspecified atom stereocenters. The van der Waals surface area contributed by atoms with E-state index in [0.717, 1.165) is 22.4 Å². The molecule has 0 aliphatic carbocycles. The summed E-state index contributed by atoms with van der Waals surface area (Å²) in [7, 11) is 0. The van der Waals surface area contributed by atoms with Gasteiger partial charge in [0.05, 0.1) is 11.5 Å². The Balaban J connectivity index is 1.53. The van der Waals surface area contributed by atoms with Gasteiger partial charge in [-0.15, -0.1) is 10.2 Å². The zero-order chi connectivity index (χ0) is 23.2. The third-order valence-corrected chi connectivity index (χ3v) is 6.07. The largest absolute Gasteiger partial charge is 0.272 e. The van der Waals surface area contributed by atoms with E-state index >= 15 is 0 Å². The molecule has 9 heteroatoms. The molecule has 2 heterocycles. The molecule has 1 N–H and O–H groups in total. The summed E-state index contributed by atoms with van der Waals surface area (Å²) in [4.78, 5) is 16.5. The van der Waals surface area contributed by atoms with E-state index in [-0.39, 0.29) is 11.7 Å². The van der Waals surface area contributed by atoms with E-state index in [1.807, 2.05) is 66.1 Å². The molecule has 1 amide bonds. The number of thioether (sulfide) groups is 1. The maximum Gasteiger partial charge on any atom is 0.250 e. The normalized spacial score (nSPS) is 11.4. The van der Waals surface area contributed by atoms with Crippen LogP contribution in [0.5, 0.6) is 0 Å².